The van der Waals surface area contributed by atoms with Crippen molar-refractivity contribution in [2.75, 3.05) is 41.5 Å². The van der Waals surface area contributed by atoms with E-state index in [0.29, 0.717) is 18.6 Å². The summed E-state index contributed by atoms with van der Waals surface area (Å²) < 4.78 is 18.0. The third-order valence-corrected chi connectivity index (χ3v) is 7.53. The van der Waals surface area contributed by atoms with Crippen molar-refractivity contribution in [2.24, 2.45) is 7.05 Å². The maximum atomic E-state index is 13.5. The SMILES string of the molecule is CC.COc1cccc(CN2C(=O)N(C)C3(CCN(Cc4cc(OC)cc(OC)c4)CC3)C2=O)c1.Cn1cccc1. The second kappa shape index (κ2) is 14.6. The second-order valence-corrected chi connectivity index (χ2v) is 9.96. The van der Waals surface area contributed by atoms with Crippen LogP contribution < -0.4 is 14.2 Å². The van der Waals surface area contributed by atoms with Crippen molar-refractivity contribution >= 4 is 11.9 Å². The Bertz CT molecular complexity index is 1250. The minimum Gasteiger partial charge on any atom is -0.497 e. The molecule has 9 heteroatoms. The summed E-state index contributed by atoms with van der Waals surface area (Å²) in [5, 5.41) is 0. The molecule has 0 saturated carbocycles. The molecule has 2 fully saturated rings. The number of hydrogen-bond acceptors (Lipinski definition) is 6. The van der Waals surface area contributed by atoms with Crippen LogP contribution in [-0.2, 0) is 24.9 Å². The molecule has 0 aliphatic carbocycles. The maximum absolute atomic E-state index is 13.5. The van der Waals surface area contributed by atoms with Gasteiger partial charge in [0.05, 0.1) is 27.9 Å². The molecule has 3 aromatic rings. The molecule has 2 aliphatic rings. The summed E-state index contributed by atoms with van der Waals surface area (Å²) in [6.45, 7) is 6.41. The molecular formula is C32H44N4O5. The van der Waals surface area contributed by atoms with E-state index >= 15 is 0 Å². The highest BCUT2D eigenvalue weighted by Gasteiger charge is 2.56. The van der Waals surface area contributed by atoms with Crippen molar-refractivity contribution in [3.63, 3.8) is 0 Å². The monoisotopic (exact) mass is 564 g/mol. The molecule has 5 rings (SSSR count). The first-order valence-corrected chi connectivity index (χ1v) is 14.0. The van der Waals surface area contributed by atoms with E-state index in [1.54, 1.807) is 33.3 Å². The Hall–Kier alpha value is -3.98. The molecule has 9 nitrogen and oxygen atoms in total. The minimum atomic E-state index is -0.779. The van der Waals surface area contributed by atoms with Gasteiger partial charge in [-0.1, -0.05) is 26.0 Å². The number of carbonyl (C=O) groups is 2. The molecule has 3 amide bonds. The number of nitrogens with zero attached hydrogens (tertiary/aromatic N) is 4. The van der Waals surface area contributed by atoms with Gasteiger partial charge in [0.15, 0.2) is 0 Å². The van der Waals surface area contributed by atoms with Crippen LogP contribution in [0.5, 0.6) is 17.2 Å². The van der Waals surface area contributed by atoms with Crippen molar-refractivity contribution in [1.29, 1.82) is 0 Å². The Labute approximate surface area is 244 Å². The van der Waals surface area contributed by atoms with Gasteiger partial charge in [-0.2, -0.15) is 0 Å². The number of aryl methyl sites for hydroxylation is 1. The third kappa shape index (κ3) is 7.41. The Kier molecular flexibility index (Phi) is 11.2. The van der Waals surface area contributed by atoms with Crippen LogP contribution in [0.4, 0.5) is 4.79 Å². The normalized spacial score (nSPS) is 16.1. The van der Waals surface area contributed by atoms with E-state index in [0.717, 1.165) is 42.3 Å². The zero-order valence-electron chi connectivity index (χ0n) is 25.4. The van der Waals surface area contributed by atoms with Gasteiger partial charge in [-0.05, 0) is 60.4 Å². The molecule has 41 heavy (non-hydrogen) atoms. The second-order valence-electron chi connectivity index (χ2n) is 9.96. The van der Waals surface area contributed by atoms with Crippen LogP contribution >= 0.6 is 0 Å². The fourth-order valence-electron chi connectivity index (χ4n) is 5.21. The molecule has 0 atom stereocenters. The number of imide groups is 1. The van der Waals surface area contributed by atoms with Crippen LogP contribution in [0.1, 0.15) is 37.8 Å². The highest BCUT2D eigenvalue weighted by molar-refractivity contribution is 6.06. The summed E-state index contributed by atoms with van der Waals surface area (Å²) in [5.74, 6) is 2.10. The van der Waals surface area contributed by atoms with Crippen molar-refractivity contribution in [3.05, 3.63) is 78.1 Å². The van der Waals surface area contributed by atoms with E-state index in [9.17, 15) is 9.59 Å². The highest BCUT2D eigenvalue weighted by atomic mass is 16.5. The van der Waals surface area contributed by atoms with E-state index in [4.69, 9.17) is 14.2 Å². The minimum absolute atomic E-state index is 0.111. The van der Waals surface area contributed by atoms with Gasteiger partial charge in [-0.15, -0.1) is 0 Å². The topological polar surface area (TPSA) is 76.5 Å². The van der Waals surface area contributed by atoms with Gasteiger partial charge in [-0.25, -0.2) is 4.79 Å². The zero-order chi connectivity index (χ0) is 30.0. The lowest BCUT2D eigenvalue weighted by atomic mass is 9.86. The number of carbonyl (C=O) groups excluding carboxylic acids is 2. The first-order chi connectivity index (χ1) is 19.8. The van der Waals surface area contributed by atoms with E-state index in [1.165, 1.54) is 4.90 Å². The lowest BCUT2D eigenvalue weighted by Crippen LogP contribution is -2.55. The Morgan fingerprint density at radius 2 is 1.29 bits per heavy atom. The number of benzene rings is 2. The Balaban J connectivity index is 0.000000505. The molecule has 0 N–H and O–H groups in total. The molecular weight excluding hydrogens is 520 g/mol. The van der Waals surface area contributed by atoms with Gasteiger partial charge in [-0.3, -0.25) is 14.6 Å². The van der Waals surface area contributed by atoms with Crippen LogP contribution in [-0.4, -0.2) is 78.2 Å². The van der Waals surface area contributed by atoms with Gasteiger partial charge in [0.2, 0.25) is 0 Å². The summed E-state index contributed by atoms with van der Waals surface area (Å²) in [4.78, 5) is 31.8. The predicted octanol–water partition coefficient (Wildman–Crippen LogP) is 5.19. The molecule has 0 radical (unpaired) electrons. The quantitative estimate of drug-likeness (QED) is 0.368. The van der Waals surface area contributed by atoms with Crippen molar-refractivity contribution < 1.29 is 23.8 Å². The fourth-order valence-corrected chi connectivity index (χ4v) is 5.21. The van der Waals surface area contributed by atoms with E-state index < -0.39 is 5.54 Å². The summed E-state index contributed by atoms with van der Waals surface area (Å²) in [7, 11) is 8.62. The number of ether oxygens (including phenoxy) is 3. The molecule has 2 aliphatic heterocycles. The summed E-state index contributed by atoms with van der Waals surface area (Å²) in [5.41, 5.74) is 1.17. The number of methoxy groups -OCH3 is 3. The number of hydrogen-bond donors (Lipinski definition) is 0. The average Bonchev–Trinajstić information content (AvgIpc) is 3.56. The van der Waals surface area contributed by atoms with Gasteiger partial charge in [0, 0.05) is 52.2 Å². The molecule has 222 valence electrons. The molecule has 1 aromatic heterocycles. The van der Waals surface area contributed by atoms with Gasteiger partial charge >= 0.3 is 6.03 Å². The third-order valence-electron chi connectivity index (χ3n) is 7.53. The molecule has 0 unspecified atom stereocenters. The molecule has 2 saturated heterocycles. The number of piperidine rings is 1. The molecule has 1 spiro atoms. The zero-order valence-corrected chi connectivity index (χ0v) is 25.4. The summed E-state index contributed by atoms with van der Waals surface area (Å²) in [6.07, 6.45) is 5.20. The van der Waals surface area contributed by atoms with Crippen LogP contribution in [0.25, 0.3) is 0 Å². The Morgan fingerprint density at radius 3 is 1.80 bits per heavy atom. The lowest BCUT2D eigenvalue weighted by molar-refractivity contribution is -0.135. The van der Waals surface area contributed by atoms with E-state index in [2.05, 4.69) is 4.90 Å². The van der Waals surface area contributed by atoms with E-state index in [1.807, 2.05) is 92.5 Å². The standard InChI is InChI=1S/C25H31N3O5.C5H7N.C2H6/c1-26-24(30)28(17-18-6-5-7-20(12-18)31-2)23(29)25(26)8-10-27(11-9-25)16-19-13-21(32-3)15-22(14-19)33-4;1-6-4-2-3-5-6;1-2/h5-7,12-15H,8-11,16-17H2,1-4H3;2-5H,1H3;1-2H3. The van der Waals surface area contributed by atoms with Gasteiger partial charge < -0.3 is 23.7 Å². The fraction of sp³-hybridized carbons (Fsp3) is 0.438. The van der Waals surface area contributed by atoms with Gasteiger partial charge in [0.1, 0.15) is 22.8 Å². The predicted molar refractivity (Wildman–Crippen MR) is 160 cm³/mol. The van der Waals surface area contributed by atoms with Gasteiger partial charge in [0.25, 0.3) is 5.91 Å². The Morgan fingerprint density at radius 1 is 0.732 bits per heavy atom. The lowest BCUT2D eigenvalue weighted by Gasteiger charge is -2.40. The largest absolute Gasteiger partial charge is 0.497 e. The number of amides is 3. The number of aromatic nitrogens is 1. The highest BCUT2D eigenvalue weighted by Crippen LogP contribution is 2.37. The van der Waals surface area contributed by atoms with Crippen LogP contribution in [0.2, 0.25) is 0 Å². The van der Waals surface area contributed by atoms with Crippen molar-refractivity contribution in [3.8, 4) is 17.2 Å². The van der Waals surface area contributed by atoms with E-state index in [-0.39, 0.29) is 18.5 Å². The molecule has 0 bridgehead atoms. The molecule has 2 aromatic carbocycles. The maximum Gasteiger partial charge on any atom is 0.327 e. The number of likely N-dealkylation sites (N-methyl/N-ethyl adjacent to an activating group) is 1. The first kappa shape index (κ1) is 31.5. The number of likely N-dealkylation sites (tertiary alicyclic amines) is 1. The summed E-state index contributed by atoms with van der Waals surface area (Å²) >= 11 is 0. The van der Waals surface area contributed by atoms with Crippen molar-refractivity contribution in [1.82, 2.24) is 19.3 Å². The number of rotatable bonds is 7. The van der Waals surface area contributed by atoms with Crippen LogP contribution in [0.3, 0.4) is 0 Å². The summed E-state index contributed by atoms with van der Waals surface area (Å²) in [6, 6.07) is 17.1. The number of urea groups is 1. The average molecular weight is 565 g/mol. The van der Waals surface area contributed by atoms with Crippen molar-refractivity contribution in [2.45, 2.75) is 45.3 Å². The smallest absolute Gasteiger partial charge is 0.327 e. The van der Waals surface area contributed by atoms with Crippen LogP contribution in [0.15, 0.2) is 67.0 Å². The van der Waals surface area contributed by atoms with Crippen LogP contribution in [0, 0.1) is 0 Å². The first-order valence-electron chi connectivity index (χ1n) is 14.0. The molecule has 3 heterocycles.